The molecule has 1 N–H and O–H groups in total. The highest BCUT2D eigenvalue weighted by Gasteiger charge is 2.37. The average molecular weight is 367 g/mol. The third-order valence-electron chi connectivity index (χ3n) is 5.75. The number of ketones is 1. The third-order valence-corrected chi connectivity index (χ3v) is 5.75. The second-order valence-electron chi connectivity index (χ2n) is 7.40. The van der Waals surface area contributed by atoms with Crippen LogP contribution in [0.15, 0.2) is 89.6 Å². The van der Waals surface area contributed by atoms with E-state index in [0.717, 1.165) is 12.1 Å². The summed E-state index contributed by atoms with van der Waals surface area (Å²) >= 11 is 0. The Kier molecular flexibility index (Phi) is 4.21. The molecule has 0 fully saturated rings. The topological polar surface area (TPSA) is 42.2 Å². The molecule has 3 nitrogen and oxygen atoms in total. The Morgan fingerprint density at radius 1 is 1.07 bits per heavy atom. The molecule has 3 heteroatoms. The van der Waals surface area contributed by atoms with Crippen LogP contribution in [0.2, 0.25) is 0 Å². The van der Waals surface area contributed by atoms with Crippen molar-refractivity contribution in [2.75, 3.05) is 5.32 Å². The fourth-order valence-corrected chi connectivity index (χ4v) is 4.38. The Morgan fingerprint density at radius 3 is 2.79 bits per heavy atom. The lowest BCUT2D eigenvalue weighted by molar-refractivity contribution is 0.104. The number of nitrogens with one attached hydrogen (secondary N) is 1. The zero-order chi connectivity index (χ0) is 18.9. The van der Waals surface area contributed by atoms with Gasteiger partial charge in [-0.3, -0.25) is 4.79 Å². The summed E-state index contributed by atoms with van der Waals surface area (Å²) in [5.41, 5.74) is 4.35. The SMILES string of the molecule is O=C(C=Cc1ccco1)c1ccc2c(c1)C1C=CCC1C(c1ccccc1)N2. The van der Waals surface area contributed by atoms with Crippen molar-refractivity contribution in [3.8, 4) is 0 Å². The fraction of sp³-hybridized carbons (Fsp3) is 0.160. The molecule has 3 unspecified atom stereocenters. The molecule has 0 saturated heterocycles. The van der Waals surface area contributed by atoms with Gasteiger partial charge in [-0.15, -0.1) is 0 Å². The monoisotopic (exact) mass is 367 g/mol. The highest BCUT2D eigenvalue weighted by atomic mass is 16.3. The van der Waals surface area contributed by atoms with E-state index in [1.54, 1.807) is 18.4 Å². The van der Waals surface area contributed by atoms with Crippen LogP contribution in [0.4, 0.5) is 5.69 Å². The Hall–Kier alpha value is -3.33. The van der Waals surface area contributed by atoms with Gasteiger partial charge in [0, 0.05) is 17.2 Å². The van der Waals surface area contributed by atoms with Gasteiger partial charge < -0.3 is 9.73 Å². The lowest BCUT2D eigenvalue weighted by Crippen LogP contribution is -2.29. The van der Waals surface area contributed by atoms with Crippen LogP contribution in [-0.4, -0.2) is 5.78 Å². The maximum Gasteiger partial charge on any atom is 0.185 e. The van der Waals surface area contributed by atoms with Crippen LogP contribution in [0.3, 0.4) is 0 Å². The van der Waals surface area contributed by atoms with Crippen molar-refractivity contribution >= 4 is 17.5 Å². The first-order valence-electron chi connectivity index (χ1n) is 9.67. The van der Waals surface area contributed by atoms with Crippen molar-refractivity contribution in [3.05, 3.63) is 108 Å². The number of hydrogen-bond donors (Lipinski definition) is 1. The van der Waals surface area contributed by atoms with Crippen LogP contribution < -0.4 is 5.32 Å². The van der Waals surface area contributed by atoms with Gasteiger partial charge in [0.1, 0.15) is 5.76 Å². The average Bonchev–Trinajstić information content (AvgIpc) is 3.44. The fourth-order valence-electron chi connectivity index (χ4n) is 4.38. The molecule has 2 aromatic carbocycles. The summed E-state index contributed by atoms with van der Waals surface area (Å²) in [6, 6.07) is 20.5. The van der Waals surface area contributed by atoms with Gasteiger partial charge in [-0.05, 0) is 65.9 Å². The van der Waals surface area contributed by atoms with E-state index in [1.807, 2.05) is 30.3 Å². The molecular formula is C25H21NO2. The van der Waals surface area contributed by atoms with E-state index >= 15 is 0 Å². The van der Waals surface area contributed by atoms with E-state index in [0.29, 0.717) is 23.2 Å². The Bertz CT molecular complexity index is 1050. The molecule has 2 heterocycles. The standard InChI is InChI=1S/C25H21NO2/c27-24(14-12-19-8-5-15-28-19)18-11-13-23-22(16-18)20-9-4-10-21(20)25(26-23)17-6-2-1-3-7-17/h1-9,11-16,20-21,25-26H,10H2. The quantitative estimate of drug-likeness (QED) is 0.349. The van der Waals surface area contributed by atoms with Crippen molar-refractivity contribution < 1.29 is 9.21 Å². The van der Waals surface area contributed by atoms with Crippen molar-refractivity contribution in [3.63, 3.8) is 0 Å². The van der Waals surface area contributed by atoms with Crippen LogP contribution in [-0.2, 0) is 0 Å². The lowest BCUT2D eigenvalue weighted by Gasteiger charge is -2.37. The van der Waals surface area contributed by atoms with Gasteiger partial charge in [-0.25, -0.2) is 0 Å². The molecular weight excluding hydrogens is 346 g/mol. The minimum Gasteiger partial charge on any atom is -0.465 e. The molecule has 1 aliphatic heterocycles. The Morgan fingerprint density at radius 2 is 1.96 bits per heavy atom. The maximum atomic E-state index is 12.6. The van der Waals surface area contributed by atoms with E-state index in [1.165, 1.54) is 11.1 Å². The van der Waals surface area contributed by atoms with E-state index in [9.17, 15) is 4.79 Å². The van der Waals surface area contributed by atoms with Crippen molar-refractivity contribution in [1.29, 1.82) is 0 Å². The van der Waals surface area contributed by atoms with E-state index in [-0.39, 0.29) is 11.8 Å². The van der Waals surface area contributed by atoms with Gasteiger partial charge in [0.15, 0.2) is 5.78 Å². The number of furan rings is 1. The van der Waals surface area contributed by atoms with Gasteiger partial charge in [0.2, 0.25) is 0 Å². The first-order valence-corrected chi connectivity index (χ1v) is 9.67. The molecule has 3 atom stereocenters. The molecule has 0 amide bonds. The second-order valence-corrected chi connectivity index (χ2v) is 7.40. The molecule has 2 aliphatic rings. The molecule has 28 heavy (non-hydrogen) atoms. The summed E-state index contributed by atoms with van der Waals surface area (Å²) in [4.78, 5) is 12.6. The number of fused-ring (bicyclic) bond motifs is 3. The van der Waals surface area contributed by atoms with E-state index in [2.05, 4.69) is 47.8 Å². The van der Waals surface area contributed by atoms with Crippen LogP contribution in [0.25, 0.3) is 6.08 Å². The molecule has 0 bridgehead atoms. The molecule has 1 aliphatic carbocycles. The molecule has 0 spiro atoms. The number of benzene rings is 2. The molecule has 0 radical (unpaired) electrons. The van der Waals surface area contributed by atoms with Gasteiger partial charge in [0.25, 0.3) is 0 Å². The molecule has 138 valence electrons. The number of carbonyl (C=O) groups is 1. The molecule has 5 rings (SSSR count). The minimum absolute atomic E-state index is 0.0112. The summed E-state index contributed by atoms with van der Waals surface area (Å²) in [6.45, 7) is 0. The van der Waals surface area contributed by atoms with Gasteiger partial charge in [-0.2, -0.15) is 0 Å². The summed E-state index contributed by atoms with van der Waals surface area (Å²) in [5, 5.41) is 3.72. The van der Waals surface area contributed by atoms with Crippen LogP contribution in [0.5, 0.6) is 0 Å². The minimum atomic E-state index is -0.0112. The number of allylic oxidation sites excluding steroid dienone is 3. The van der Waals surface area contributed by atoms with Crippen LogP contribution >= 0.6 is 0 Å². The second kappa shape index (κ2) is 7.01. The first kappa shape index (κ1) is 16.8. The Labute approximate surface area is 164 Å². The molecule has 3 aromatic rings. The summed E-state index contributed by atoms with van der Waals surface area (Å²) in [6.07, 6.45) is 10.5. The number of anilines is 1. The zero-order valence-electron chi connectivity index (χ0n) is 15.4. The number of rotatable bonds is 4. The zero-order valence-corrected chi connectivity index (χ0v) is 15.4. The van der Waals surface area contributed by atoms with Crippen molar-refractivity contribution in [2.24, 2.45) is 5.92 Å². The van der Waals surface area contributed by atoms with E-state index < -0.39 is 0 Å². The lowest BCUT2D eigenvalue weighted by atomic mass is 9.76. The van der Waals surface area contributed by atoms with Gasteiger partial charge >= 0.3 is 0 Å². The maximum absolute atomic E-state index is 12.6. The summed E-state index contributed by atoms with van der Waals surface area (Å²) in [7, 11) is 0. The van der Waals surface area contributed by atoms with Crippen LogP contribution in [0, 0.1) is 5.92 Å². The largest absolute Gasteiger partial charge is 0.465 e. The highest BCUT2D eigenvalue weighted by molar-refractivity contribution is 6.07. The third kappa shape index (κ3) is 2.99. The van der Waals surface area contributed by atoms with Crippen molar-refractivity contribution in [1.82, 2.24) is 0 Å². The van der Waals surface area contributed by atoms with Crippen LogP contribution in [0.1, 0.15) is 45.6 Å². The van der Waals surface area contributed by atoms with E-state index in [4.69, 9.17) is 4.42 Å². The van der Waals surface area contributed by atoms with Crippen molar-refractivity contribution in [2.45, 2.75) is 18.4 Å². The predicted molar refractivity (Wildman–Crippen MR) is 111 cm³/mol. The Balaban J connectivity index is 1.46. The normalized spacial score (nSPS) is 22.6. The summed E-state index contributed by atoms with van der Waals surface area (Å²) < 4.78 is 5.26. The number of hydrogen-bond acceptors (Lipinski definition) is 3. The molecule has 1 aromatic heterocycles. The smallest absolute Gasteiger partial charge is 0.185 e. The molecule has 0 saturated carbocycles. The number of carbonyl (C=O) groups excluding carboxylic acids is 1. The summed E-state index contributed by atoms with van der Waals surface area (Å²) in [5.74, 6) is 1.47. The first-order chi connectivity index (χ1) is 13.8. The predicted octanol–water partition coefficient (Wildman–Crippen LogP) is 6.00. The van der Waals surface area contributed by atoms with Gasteiger partial charge in [-0.1, -0.05) is 42.5 Å². The van der Waals surface area contributed by atoms with Gasteiger partial charge in [0.05, 0.1) is 12.3 Å². The highest BCUT2D eigenvalue weighted by Crippen LogP contribution is 2.49.